The molecule has 12 heteroatoms. The molecule has 39 heavy (non-hydrogen) atoms. The van der Waals surface area contributed by atoms with Gasteiger partial charge >= 0.3 is 6.18 Å². The molecule has 0 saturated carbocycles. The third-order valence-electron chi connectivity index (χ3n) is 5.73. The molecule has 1 amide bonds. The van der Waals surface area contributed by atoms with Crippen molar-refractivity contribution >= 4 is 40.6 Å². The number of fused-ring (bicyclic) bond motifs is 1. The smallest absolute Gasteiger partial charge is 0.405 e. The van der Waals surface area contributed by atoms with Crippen molar-refractivity contribution < 1.29 is 22.7 Å². The summed E-state index contributed by atoms with van der Waals surface area (Å²) >= 11 is 1.27. The number of aromatic nitrogens is 1. The number of benzodiazepines with no additional fused rings is 1. The first-order chi connectivity index (χ1) is 18.7. The Hall–Kier alpha value is -4.84. The number of aliphatic imine (C=N–C) groups is 1. The van der Waals surface area contributed by atoms with Crippen LogP contribution in [0.4, 0.5) is 18.9 Å². The SMILES string of the molecule is N=C(N[C@H]1N=C(c2ccccc2)c2ccccc2NC1=O)OC(=N)c1ncc(C(F)(F)F)cc1-c1ccsc1. The molecule has 2 aromatic heterocycles. The summed E-state index contributed by atoms with van der Waals surface area (Å²) in [5.41, 5.74) is 1.71. The number of anilines is 1. The van der Waals surface area contributed by atoms with Crippen molar-refractivity contribution in [3.8, 4) is 11.1 Å². The molecule has 5 rings (SSSR count). The number of para-hydroxylation sites is 1. The van der Waals surface area contributed by atoms with Gasteiger partial charge in [-0.2, -0.15) is 24.5 Å². The lowest BCUT2D eigenvalue weighted by atomic mass is 10.0. The van der Waals surface area contributed by atoms with Crippen molar-refractivity contribution in [3.05, 3.63) is 106 Å². The highest BCUT2D eigenvalue weighted by Gasteiger charge is 2.33. The number of carbonyl (C=O) groups is 1. The number of hydrogen-bond acceptors (Lipinski definition) is 7. The second-order valence-electron chi connectivity index (χ2n) is 8.32. The number of amidine groups is 1. The Morgan fingerprint density at radius 1 is 1.00 bits per heavy atom. The van der Waals surface area contributed by atoms with Crippen LogP contribution in [0.25, 0.3) is 11.1 Å². The Balaban J connectivity index is 1.41. The van der Waals surface area contributed by atoms with E-state index in [1.54, 1.807) is 29.0 Å². The summed E-state index contributed by atoms with van der Waals surface area (Å²) in [6, 6.07) is 18.1. The number of nitrogens with zero attached hydrogens (tertiary/aromatic N) is 2. The number of rotatable bonds is 4. The summed E-state index contributed by atoms with van der Waals surface area (Å²) in [6.07, 6.45) is -5.33. The van der Waals surface area contributed by atoms with Crippen LogP contribution in [-0.2, 0) is 15.7 Å². The molecule has 0 aliphatic carbocycles. The van der Waals surface area contributed by atoms with Gasteiger partial charge in [0.05, 0.1) is 17.0 Å². The molecule has 2 aromatic carbocycles. The highest BCUT2D eigenvalue weighted by Crippen LogP contribution is 2.34. The zero-order chi connectivity index (χ0) is 27.6. The standard InChI is InChI=1S/C27H19F3N6O2S/c28-27(29,30)17-12-19(16-10-11-39-14-16)22(33-13-17)23(31)38-26(32)36-24-25(37)34-20-9-5-4-8-18(20)21(35-24)15-6-2-1-3-7-15/h1-14,24,31H,(H2,32,36)(H,34,37)/t24-/m1/s1. The van der Waals surface area contributed by atoms with Crippen molar-refractivity contribution in [2.45, 2.75) is 12.3 Å². The summed E-state index contributed by atoms with van der Waals surface area (Å²) in [7, 11) is 0. The Morgan fingerprint density at radius 2 is 1.74 bits per heavy atom. The average molecular weight is 549 g/mol. The molecule has 196 valence electrons. The van der Waals surface area contributed by atoms with Crippen LogP contribution in [0.15, 0.2) is 88.7 Å². The number of amides is 1. The van der Waals surface area contributed by atoms with E-state index in [2.05, 4.69) is 20.6 Å². The van der Waals surface area contributed by atoms with Crippen LogP contribution in [-0.4, -0.2) is 34.7 Å². The topological polar surface area (TPSA) is 123 Å². The van der Waals surface area contributed by atoms with E-state index in [1.165, 1.54) is 11.3 Å². The first-order valence-electron chi connectivity index (χ1n) is 11.5. The Morgan fingerprint density at radius 3 is 2.46 bits per heavy atom. The highest BCUT2D eigenvalue weighted by molar-refractivity contribution is 7.08. The van der Waals surface area contributed by atoms with Crippen LogP contribution in [0.5, 0.6) is 0 Å². The monoisotopic (exact) mass is 548 g/mol. The van der Waals surface area contributed by atoms with Crippen LogP contribution in [0.2, 0.25) is 0 Å². The molecule has 4 N–H and O–H groups in total. The quantitative estimate of drug-likeness (QED) is 0.198. The van der Waals surface area contributed by atoms with Crippen molar-refractivity contribution in [3.63, 3.8) is 0 Å². The van der Waals surface area contributed by atoms with Crippen LogP contribution >= 0.6 is 11.3 Å². The summed E-state index contributed by atoms with van der Waals surface area (Å²) in [4.78, 5) is 21.3. The van der Waals surface area contributed by atoms with Gasteiger partial charge in [0, 0.05) is 22.9 Å². The van der Waals surface area contributed by atoms with Gasteiger partial charge in [0.1, 0.15) is 5.69 Å². The van der Waals surface area contributed by atoms with Crippen LogP contribution in [0.3, 0.4) is 0 Å². The maximum atomic E-state index is 13.3. The zero-order valence-electron chi connectivity index (χ0n) is 19.9. The molecule has 1 aliphatic heterocycles. The van der Waals surface area contributed by atoms with E-state index in [0.29, 0.717) is 28.7 Å². The fourth-order valence-electron chi connectivity index (χ4n) is 3.92. The predicted octanol–water partition coefficient (Wildman–Crippen LogP) is 5.51. The van der Waals surface area contributed by atoms with Crippen molar-refractivity contribution in [2.24, 2.45) is 4.99 Å². The molecule has 0 spiro atoms. The van der Waals surface area contributed by atoms with Gasteiger partial charge in [0.2, 0.25) is 12.1 Å². The Labute approximate surface area is 224 Å². The number of thiophene rings is 1. The highest BCUT2D eigenvalue weighted by atomic mass is 32.1. The molecular formula is C27H19F3N6O2S. The van der Waals surface area contributed by atoms with E-state index >= 15 is 0 Å². The van der Waals surface area contributed by atoms with E-state index in [1.807, 2.05) is 42.5 Å². The van der Waals surface area contributed by atoms with Gasteiger partial charge < -0.3 is 15.4 Å². The summed E-state index contributed by atoms with van der Waals surface area (Å²) in [5, 5.41) is 25.2. The average Bonchev–Trinajstić information content (AvgIpc) is 3.42. The van der Waals surface area contributed by atoms with Gasteiger partial charge in [-0.15, -0.1) is 0 Å². The summed E-state index contributed by atoms with van der Waals surface area (Å²) in [6.45, 7) is 0. The summed E-state index contributed by atoms with van der Waals surface area (Å²) in [5.74, 6) is -1.24. The molecule has 0 fully saturated rings. The first-order valence-corrected chi connectivity index (χ1v) is 12.4. The molecule has 1 aliphatic rings. The molecule has 0 saturated heterocycles. The molecular weight excluding hydrogens is 529 g/mol. The number of hydrogen-bond donors (Lipinski definition) is 4. The summed E-state index contributed by atoms with van der Waals surface area (Å²) < 4.78 is 45.2. The minimum absolute atomic E-state index is 0.0240. The maximum absolute atomic E-state index is 13.3. The Bertz CT molecular complexity index is 1590. The van der Waals surface area contributed by atoms with Gasteiger partial charge in [0.25, 0.3) is 11.9 Å². The number of nitrogens with one attached hydrogen (secondary N) is 4. The third kappa shape index (κ3) is 5.55. The number of halogens is 3. The molecule has 8 nitrogen and oxygen atoms in total. The second-order valence-corrected chi connectivity index (χ2v) is 9.10. The molecule has 0 bridgehead atoms. The number of pyridine rings is 1. The van der Waals surface area contributed by atoms with Gasteiger partial charge in [-0.05, 0) is 34.5 Å². The lowest BCUT2D eigenvalue weighted by molar-refractivity contribution is -0.137. The van der Waals surface area contributed by atoms with Gasteiger partial charge in [-0.3, -0.25) is 15.6 Å². The number of carbonyl (C=O) groups excluding carboxylic acids is 1. The molecule has 0 radical (unpaired) electrons. The zero-order valence-corrected chi connectivity index (χ0v) is 20.7. The van der Waals surface area contributed by atoms with Crippen molar-refractivity contribution in [1.29, 1.82) is 10.8 Å². The van der Waals surface area contributed by atoms with Crippen LogP contribution in [0.1, 0.15) is 22.4 Å². The minimum Gasteiger partial charge on any atom is -0.405 e. The molecule has 1 atom stereocenters. The first kappa shape index (κ1) is 25.8. The van der Waals surface area contributed by atoms with Gasteiger partial charge in [-0.25, -0.2) is 9.98 Å². The van der Waals surface area contributed by atoms with Crippen LogP contribution < -0.4 is 10.6 Å². The largest absolute Gasteiger partial charge is 0.417 e. The van der Waals surface area contributed by atoms with E-state index in [4.69, 9.17) is 15.6 Å². The number of benzene rings is 2. The third-order valence-corrected chi connectivity index (χ3v) is 6.41. The molecule has 3 heterocycles. The fraction of sp³-hybridized carbons (Fsp3) is 0.0741. The Kier molecular flexibility index (Phi) is 6.94. The lowest BCUT2D eigenvalue weighted by Gasteiger charge is -2.17. The van der Waals surface area contributed by atoms with Crippen LogP contribution in [0, 0.1) is 10.8 Å². The van der Waals surface area contributed by atoms with Gasteiger partial charge in [-0.1, -0.05) is 48.5 Å². The predicted molar refractivity (Wildman–Crippen MR) is 142 cm³/mol. The van der Waals surface area contributed by atoms with E-state index < -0.39 is 35.7 Å². The molecule has 0 unspecified atom stereocenters. The molecule has 4 aromatic rings. The minimum atomic E-state index is -4.63. The lowest BCUT2D eigenvalue weighted by Crippen LogP contribution is -2.43. The number of ether oxygens (including phenoxy) is 1. The maximum Gasteiger partial charge on any atom is 0.417 e. The van der Waals surface area contributed by atoms with E-state index in [0.717, 1.165) is 11.6 Å². The fourth-order valence-corrected chi connectivity index (χ4v) is 4.58. The van der Waals surface area contributed by atoms with Crippen molar-refractivity contribution in [2.75, 3.05) is 5.32 Å². The van der Waals surface area contributed by atoms with E-state index in [9.17, 15) is 18.0 Å². The number of alkyl halides is 3. The van der Waals surface area contributed by atoms with Crippen molar-refractivity contribution in [1.82, 2.24) is 10.3 Å². The second kappa shape index (κ2) is 10.5. The van der Waals surface area contributed by atoms with E-state index in [-0.39, 0.29) is 11.3 Å². The van der Waals surface area contributed by atoms with Gasteiger partial charge in [0.15, 0.2) is 0 Å². The normalized spacial score (nSPS) is 14.9.